The van der Waals surface area contributed by atoms with Gasteiger partial charge in [-0.2, -0.15) is 0 Å². The molecule has 0 saturated carbocycles. The van der Waals surface area contributed by atoms with Gasteiger partial charge in [0.05, 0.1) is 4.90 Å². The first-order valence-corrected chi connectivity index (χ1v) is 9.55. The number of aryl methyl sites for hydroxylation is 3. The number of amides is 1. The molecule has 0 bridgehead atoms. The zero-order valence-corrected chi connectivity index (χ0v) is 16.1. The number of hydrogen-bond donors (Lipinski definition) is 1. The third-order valence-electron chi connectivity index (χ3n) is 4.21. The number of sulfonamides is 1. The Morgan fingerprint density at radius 3 is 2.36 bits per heavy atom. The van der Waals surface area contributed by atoms with Gasteiger partial charge in [-0.25, -0.2) is 12.7 Å². The molecule has 0 unspecified atom stereocenters. The Hall–Kier alpha value is -2.18. The number of rotatable bonds is 5. The number of nitrogens with zero attached hydrogens (tertiary/aromatic N) is 1. The van der Waals surface area contributed by atoms with Crippen LogP contribution in [0.1, 0.15) is 34.0 Å². The highest BCUT2D eigenvalue weighted by atomic mass is 32.2. The lowest BCUT2D eigenvalue weighted by atomic mass is 10.0. The van der Waals surface area contributed by atoms with E-state index in [4.69, 9.17) is 0 Å². The first kappa shape index (κ1) is 19.1. The number of anilines is 1. The van der Waals surface area contributed by atoms with Gasteiger partial charge in [0.1, 0.15) is 0 Å². The Bertz CT molecular complexity index is 903. The molecule has 0 spiro atoms. The van der Waals surface area contributed by atoms with Gasteiger partial charge in [0.2, 0.25) is 10.0 Å². The van der Waals surface area contributed by atoms with Crippen molar-refractivity contribution in [2.75, 3.05) is 19.4 Å². The van der Waals surface area contributed by atoms with E-state index in [2.05, 4.69) is 5.32 Å². The Labute approximate surface area is 149 Å². The lowest BCUT2D eigenvalue weighted by Gasteiger charge is -2.16. The number of para-hydroxylation sites is 1. The van der Waals surface area contributed by atoms with Crippen molar-refractivity contribution in [1.82, 2.24) is 4.31 Å². The van der Waals surface area contributed by atoms with Gasteiger partial charge in [0.15, 0.2) is 0 Å². The highest BCUT2D eigenvalue weighted by molar-refractivity contribution is 7.89. The second kappa shape index (κ2) is 7.37. The summed E-state index contributed by atoms with van der Waals surface area (Å²) in [5, 5.41) is 2.95. The fraction of sp³-hybridized carbons (Fsp3) is 0.316. The van der Waals surface area contributed by atoms with Crippen molar-refractivity contribution in [3.05, 3.63) is 58.7 Å². The molecule has 2 aromatic rings. The standard InChI is InChI=1S/C19H24N2O3S/c1-6-15-9-7-8-14(3)18(15)20-19(22)17-12-16(11-10-13(17)2)25(23,24)21(4)5/h7-12H,6H2,1-5H3,(H,20,22). The van der Waals surface area contributed by atoms with Crippen LogP contribution >= 0.6 is 0 Å². The van der Waals surface area contributed by atoms with Crippen LogP contribution in [0.4, 0.5) is 5.69 Å². The molecule has 6 heteroatoms. The number of hydrogen-bond acceptors (Lipinski definition) is 3. The van der Waals surface area contributed by atoms with Gasteiger partial charge in [-0.1, -0.05) is 31.2 Å². The Kier molecular flexibility index (Phi) is 5.65. The molecule has 134 valence electrons. The molecule has 0 aliphatic heterocycles. The zero-order valence-electron chi connectivity index (χ0n) is 15.3. The number of carbonyl (C=O) groups is 1. The zero-order chi connectivity index (χ0) is 18.8. The molecule has 1 N–H and O–H groups in total. The number of nitrogens with one attached hydrogen (secondary N) is 1. The molecular formula is C19H24N2O3S. The highest BCUT2D eigenvalue weighted by Crippen LogP contribution is 2.24. The average molecular weight is 360 g/mol. The predicted octanol–water partition coefficient (Wildman–Crippen LogP) is 3.37. The summed E-state index contributed by atoms with van der Waals surface area (Å²) < 4.78 is 25.8. The minimum Gasteiger partial charge on any atom is -0.321 e. The van der Waals surface area contributed by atoms with Gasteiger partial charge < -0.3 is 5.32 Å². The van der Waals surface area contributed by atoms with Crippen LogP contribution in [0.5, 0.6) is 0 Å². The van der Waals surface area contributed by atoms with Crippen molar-refractivity contribution in [1.29, 1.82) is 0 Å². The summed E-state index contributed by atoms with van der Waals surface area (Å²) in [5.41, 5.74) is 3.89. The van der Waals surface area contributed by atoms with Crippen LogP contribution < -0.4 is 5.32 Å². The third kappa shape index (κ3) is 3.91. The summed E-state index contributed by atoms with van der Waals surface area (Å²) >= 11 is 0. The maximum atomic E-state index is 12.8. The van der Waals surface area contributed by atoms with E-state index in [0.29, 0.717) is 5.56 Å². The molecule has 0 saturated heterocycles. The summed E-state index contributed by atoms with van der Waals surface area (Å²) in [6.45, 7) is 5.76. The second-order valence-corrected chi connectivity index (χ2v) is 8.33. The minimum atomic E-state index is -3.59. The normalized spacial score (nSPS) is 11.6. The van der Waals surface area contributed by atoms with Crippen molar-refractivity contribution in [3.8, 4) is 0 Å². The molecule has 5 nitrogen and oxygen atoms in total. The van der Waals surface area contributed by atoms with Gasteiger partial charge in [-0.15, -0.1) is 0 Å². The maximum absolute atomic E-state index is 12.8. The monoisotopic (exact) mass is 360 g/mol. The summed E-state index contributed by atoms with van der Waals surface area (Å²) in [4.78, 5) is 12.9. The van der Waals surface area contributed by atoms with Gasteiger partial charge >= 0.3 is 0 Å². The van der Waals surface area contributed by atoms with Crippen LogP contribution in [0.2, 0.25) is 0 Å². The van der Waals surface area contributed by atoms with Crippen LogP contribution in [0.3, 0.4) is 0 Å². The molecule has 0 heterocycles. The molecule has 0 aliphatic rings. The maximum Gasteiger partial charge on any atom is 0.255 e. The summed E-state index contributed by atoms with van der Waals surface area (Å²) in [5.74, 6) is -0.308. The fourth-order valence-corrected chi connectivity index (χ4v) is 3.53. The molecule has 0 aromatic heterocycles. The van der Waals surface area contributed by atoms with Crippen molar-refractivity contribution in [2.45, 2.75) is 32.1 Å². The van der Waals surface area contributed by atoms with Crippen LogP contribution in [-0.2, 0) is 16.4 Å². The van der Waals surface area contributed by atoms with Crippen LogP contribution in [0.25, 0.3) is 0 Å². The minimum absolute atomic E-state index is 0.105. The van der Waals surface area contributed by atoms with E-state index in [1.807, 2.05) is 32.0 Å². The SMILES string of the molecule is CCc1cccc(C)c1NC(=O)c1cc(S(=O)(=O)N(C)C)ccc1C. The van der Waals surface area contributed by atoms with E-state index >= 15 is 0 Å². The lowest BCUT2D eigenvalue weighted by molar-refractivity contribution is 0.102. The Balaban J connectivity index is 2.44. The lowest BCUT2D eigenvalue weighted by Crippen LogP contribution is -2.23. The molecule has 25 heavy (non-hydrogen) atoms. The molecule has 2 rings (SSSR count). The van der Waals surface area contributed by atoms with E-state index in [9.17, 15) is 13.2 Å². The van der Waals surface area contributed by atoms with E-state index in [-0.39, 0.29) is 10.8 Å². The van der Waals surface area contributed by atoms with Crippen LogP contribution in [0.15, 0.2) is 41.3 Å². The van der Waals surface area contributed by atoms with E-state index in [0.717, 1.165) is 33.1 Å². The first-order valence-electron chi connectivity index (χ1n) is 8.11. The van der Waals surface area contributed by atoms with Crippen molar-refractivity contribution in [3.63, 3.8) is 0 Å². The Morgan fingerprint density at radius 2 is 1.76 bits per heavy atom. The van der Waals surface area contributed by atoms with E-state index < -0.39 is 10.0 Å². The van der Waals surface area contributed by atoms with Gasteiger partial charge in [0, 0.05) is 25.3 Å². The topological polar surface area (TPSA) is 66.5 Å². The summed E-state index contributed by atoms with van der Waals surface area (Å²) in [6, 6.07) is 10.5. The molecule has 0 atom stereocenters. The van der Waals surface area contributed by atoms with Gasteiger partial charge in [0.25, 0.3) is 5.91 Å². The molecule has 1 amide bonds. The summed E-state index contributed by atoms with van der Waals surface area (Å²) in [6.07, 6.45) is 0.797. The predicted molar refractivity (Wildman–Crippen MR) is 101 cm³/mol. The fourth-order valence-electron chi connectivity index (χ4n) is 2.60. The second-order valence-electron chi connectivity index (χ2n) is 6.18. The van der Waals surface area contributed by atoms with Crippen LogP contribution in [0, 0.1) is 13.8 Å². The van der Waals surface area contributed by atoms with Crippen molar-refractivity contribution < 1.29 is 13.2 Å². The molecular weight excluding hydrogens is 336 g/mol. The molecule has 0 fully saturated rings. The smallest absolute Gasteiger partial charge is 0.255 e. The average Bonchev–Trinajstić information content (AvgIpc) is 2.56. The van der Waals surface area contributed by atoms with Crippen molar-refractivity contribution in [2.24, 2.45) is 0 Å². The largest absolute Gasteiger partial charge is 0.321 e. The Morgan fingerprint density at radius 1 is 1.08 bits per heavy atom. The van der Waals surface area contributed by atoms with E-state index in [1.165, 1.54) is 26.2 Å². The first-order chi connectivity index (χ1) is 11.7. The highest BCUT2D eigenvalue weighted by Gasteiger charge is 2.20. The quantitative estimate of drug-likeness (QED) is 0.889. The molecule has 0 aliphatic carbocycles. The number of carbonyl (C=O) groups excluding carboxylic acids is 1. The van der Waals surface area contributed by atoms with Gasteiger partial charge in [-0.3, -0.25) is 4.79 Å². The van der Waals surface area contributed by atoms with Crippen molar-refractivity contribution >= 4 is 21.6 Å². The van der Waals surface area contributed by atoms with E-state index in [1.54, 1.807) is 13.0 Å². The number of benzene rings is 2. The molecule has 2 aromatic carbocycles. The third-order valence-corrected chi connectivity index (χ3v) is 6.02. The van der Waals surface area contributed by atoms with Crippen LogP contribution in [-0.4, -0.2) is 32.7 Å². The molecule has 0 radical (unpaired) electrons. The van der Waals surface area contributed by atoms with Gasteiger partial charge in [-0.05, 0) is 49.1 Å². The summed E-state index contributed by atoms with van der Waals surface area (Å²) in [7, 11) is -0.654.